The van der Waals surface area contributed by atoms with Gasteiger partial charge in [0.25, 0.3) is 0 Å². The zero-order valence-corrected chi connectivity index (χ0v) is 12.1. The molecule has 2 aromatic rings. The van der Waals surface area contributed by atoms with E-state index in [9.17, 15) is 0 Å². The third kappa shape index (κ3) is 3.58. The summed E-state index contributed by atoms with van der Waals surface area (Å²) in [7, 11) is 0. The topological polar surface area (TPSA) is 26.0 Å². The summed E-state index contributed by atoms with van der Waals surface area (Å²) in [5, 5.41) is 0. The predicted octanol–water partition coefficient (Wildman–Crippen LogP) is 4.50. The van der Waals surface area contributed by atoms with Crippen molar-refractivity contribution in [2.24, 2.45) is 5.73 Å². The molecule has 0 aromatic heterocycles. The van der Waals surface area contributed by atoms with Crippen molar-refractivity contribution in [2.75, 3.05) is 0 Å². The number of nitrogens with two attached hydrogens (primary N) is 1. The zero-order chi connectivity index (χ0) is 14.4. The SMILES string of the molecule is C=C(CC)CC(N)C(c1ccccc1)c1ccccc1. The van der Waals surface area contributed by atoms with E-state index in [1.165, 1.54) is 16.7 Å². The van der Waals surface area contributed by atoms with E-state index in [0.29, 0.717) is 0 Å². The standard InChI is InChI=1S/C19H23N/c1-3-15(2)14-18(20)19(16-10-6-4-7-11-16)17-12-8-5-9-13-17/h4-13,18-19H,2-3,14,20H2,1H3. The summed E-state index contributed by atoms with van der Waals surface area (Å²) in [5.41, 5.74) is 10.3. The average Bonchev–Trinajstić information content (AvgIpc) is 2.49. The zero-order valence-electron chi connectivity index (χ0n) is 12.1. The Bertz CT molecular complexity index is 491. The van der Waals surface area contributed by atoms with E-state index in [4.69, 9.17) is 5.73 Å². The second-order valence-corrected chi connectivity index (χ2v) is 5.27. The molecule has 1 heteroatoms. The van der Waals surface area contributed by atoms with Crippen LogP contribution in [0.2, 0.25) is 0 Å². The molecule has 0 aliphatic heterocycles. The van der Waals surface area contributed by atoms with Crippen LogP contribution in [0, 0.1) is 0 Å². The van der Waals surface area contributed by atoms with Crippen molar-refractivity contribution >= 4 is 0 Å². The van der Waals surface area contributed by atoms with E-state index in [1.54, 1.807) is 0 Å². The number of benzene rings is 2. The molecule has 2 aromatic carbocycles. The van der Waals surface area contributed by atoms with Crippen molar-refractivity contribution in [1.82, 2.24) is 0 Å². The maximum atomic E-state index is 6.50. The molecule has 1 unspecified atom stereocenters. The molecule has 2 rings (SSSR count). The molecule has 0 fully saturated rings. The quantitative estimate of drug-likeness (QED) is 0.764. The Morgan fingerprint density at radius 3 is 1.80 bits per heavy atom. The van der Waals surface area contributed by atoms with Gasteiger partial charge in [0.2, 0.25) is 0 Å². The molecule has 20 heavy (non-hydrogen) atoms. The smallest absolute Gasteiger partial charge is 0.0244 e. The minimum Gasteiger partial charge on any atom is -0.327 e. The molecule has 0 bridgehead atoms. The molecule has 0 saturated carbocycles. The Morgan fingerprint density at radius 1 is 0.950 bits per heavy atom. The first-order valence-electron chi connectivity index (χ1n) is 7.24. The van der Waals surface area contributed by atoms with E-state index in [1.807, 2.05) is 12.1 Å². The van der Waals surface area contributed by atoms with Crippen LogP contribution in [0.4, 0.5) is 0 Å². The third-order valence-corrected chi connectivity index (χ3v) is 3.77. The van der Waals surface area contributed by atoms with Crippen molar-refractivity contribution in [2.45, 2.75) is 31.7 Å². The molecular formula is C19H23N. The number of hydrogen-bond donors (Lipinski definition) is 1. The minimum atomic E-state index is 0.0623. The lowest BCUT2D eigenvalue weighted by molar-refractivity contribution is 0.582. The van der Waals surface area contributed by atoms with Gasteiger partial charge in [0.05, 0.1) is 0 Å². The molecule has 0 heterocycles. The van der Waals surface area contributed by atoms with Crippen LogP contribution >= 0.6 is 0 Å². The van der Waals surface area contributed by atoms with E-state index < -0.39 is 0 Å². The third-order valence-electron chi connectivity index (χ3n) is 3.77. The Kier molecular flexibility index (Phi) is 5.14. The van der Waals surface area contributed by atoms with Crippen molar-refractivity contribution in [3.8, 4) is 0 Å². The summed E-state index contributed by atoms with van der Waals surface area (Å²) in [6.45, 7) is 6.24. The van der Waals surface area contributed by atoms with Gasteiger partial charge in [0, 0.05) is 12.0 Å². The van der Waals surface area contributed by atoms with Crippen LogP contribution < -0.4 is 5.73 Å². The van der Waals surface area contributed by atoms with Gasteiger partial charge in [-0.1, -0.05) is 79.7 Å². The lowest BCUT2D eigenvalue weighted by Gasteiger charge is -2.25. The summed E-state index contributed by atoms with van der Waals surface area (Å²) in [5.74, 6) is 0.223. The Hall–Kier alpha value is -1.86. The van der Waals surface area contributed by atoms with Gasteiger partial charge in [-0.25, -0.2) is 0 Å². The lowest BCUT2D eigenvalue weighted by Crippen LogP contribution is -2.29. The monoisotopic (exact) mass is 265 g/mol. The van der Waals surface area contributed by atoms with Crippen LogP contribution in [0.3, 0.4) is 0 Å². The van der Waals surface area contributed by atoms with Gasteiger partial charge >= 0.3 is 0 Å². The fourth-order valence-electron chi connectivity index (χ4n) is 2.60. The highest BCUT2D eigenvalue weighted by Gasteiger charge is 2.21. The molecule has 0 aliphatic rings. The highest BCUT2D eigenvalue weighted by atomic mass is 14.6. The molecule has 2 N–H and O–H groups in total. The van der Waals surface area contributed by atoms with Gasteiger partial charge in [0.1, 0.15) is 0 Å². The van der Waals surface area contributed by atoms with Crippen molar-refractivity contribution < 1.29 is 0 Å². The number of rotatable bonds is 6. The molecule has 1 nitrogen and oxygen atoms in total. The van der Waals surface area contributed by atoms with Crippen LogP contribution in [0.5, 0.6) is 0 Å². The Labute approximate surface area is 122 Å². The second kappa shape index (κ2) is 7.06. The molecule has 0 saturated heterocycles. The summed E-state index contributed by atoms with van der Waals surface area (Å²) in [4.78, 5) is 0. The van der Waals surface area contributed by atoms with E-state index >= 15 is 0 Å². The predicted molar refractivity (Wildman–Crippen MR) is 86.8 cm³/mol. The van der Waals surface area contributed by atoms with Gasteiger partial charge in [-0.2, -0.15) is 0 Å². The summed E-state index contributed by atoms with van der Waals surface area (Å²) in [6, 6.07) is 21.1. The van der Waals surface area contributed by atoms with Gasteiger partial charge < -0.3 is 5.73 Å². The van der Waals surface area contributed by atoms with Gasteiger partial charge in [-0.05, 0) is 24.0 Å². The minimum absolute atomic E-state index is 0.0623. The van der Waals surface area contributed by atoms with Gasteiger partial charge in [-0.3, -0.25) is 0 Å². The molecule has 1 atom stereocenters. The average molecular weight is 265 g/mol. The number of hydrogen-bond acceptors (Lipinski definition) is 1. The summed E-state index contributed by atoms with van der Waals surface area (Å²) >= 11 is 0. The van der Waals surface area contributed by atoms with Crippen molar-refractivity contribution in [3.63, 3.8) is 0 Å². The normalized spacial score (nSPS) is 12.3. The van der Waals surface area contributed by atoms with Gasteiger partial charge in [-0.15, -0.1) is 0 Å². The highest BCUT2D eigenvalue weighted by Crippen LogP contribution is 2.29. The highest BCUT2D eigenvalue weighted by molar-refractivity contribution is 5.34. The van der Waals surface area contributed by atoms with Crippen LogP contribution in [0.25, 0.3) is 0 Å². The molecule has 104 valence electrons. The van der Waals surface area contributed by atoms with Crippen LogP contribution in [0.1, 0.15) is 36.8 Å². The molecule has 0 aliphatic carbocycles. The van der Waals surface area contributed by atoms with Crippen LogP contribution in [-0.2, 0) is 0 Å². The fraction of sp³-hybridized carbons (Fsp3) is 0.263. The Balaban J connectivity index is 2.32. The molecule has 0 amide bonds. The van der Waals surface area contributed by atoms with E-state index in [-0.39, 0.29) is 12.0 Å². The van der Waals surface area contributed by atoms with Gasteiger partial charge in [0.15, 0.2) is 0 Å². The van der Waals surface area contributed by atoms with Crippen molar-refractivity contribution in [3.05, 3.63) is 83.9 Å². The molecule has 0 radical (unpaired) electrons. The second-order valence-electron chi connectivity index (χ2n) is 5.27. The molecular weight excluding hydrogens is 242 g/mol. The van der Waals surface area contributed by atoms with E-state index in [0.717, 1.165) is 12.8 Å². The summed E-state index contributed by atoms with van der Waals surface area (Å²) < 4.78 is 0. The Morgan fingerprint density at radius 2 is 1.40 bits per heavy atom. The lowest BCUT2D eigenvalue weighted by atomic mass is 9.82. The first-order valence-corrected chi connectivity index (χ1v) is 7.24. The van der Waals surface area contributed by atoms with E-state index in [2.05, 4.69) is 62.0 Å². The summed E-state index contributed by atoms with van der Waals surface area (Å²) in [6.07, 6.45) is 1.86. The maximum absolute atomic E-state index is 6.50. The van der Waals surface area contributed by atoms with Crippen LogP contribution in [-0.4, -0.2) is 6.04 Å². The fourth-order valence-corrected chi connectivity index (χ4v) is 2.60. The first kappa shape index (κ1) is 14.5. The largest absolute Gasteiger partial charge is 0.327 e. The maximum Gasteiger partial charge on any atom is 0.0244 e. The van der Waals surface area contributed by atoms with Crippen molar-refractivity contribution in [1.29, 1.82) is 0 Å². The molecule has 0 spiro atoms. The first-order chi connectivity index (χ1) is 9.72. The van der Waals surface area contributed by atoms with Crippen LogP contribution in [0.15, 0.2) is 72.8 Å².